The highest BCUT2D eigenvalue weighted by Crippen LogP contribution is 2.44. The van der Waals surface area contributed by atoms with Gasteiger partial charge < -0.3 is 5.11 Å². The van der Waals surface area contributed by atoms with Crippen LogP contribution in [0.1, 0.15) is 22.7 Å². The zero-order valence-corrected chi connectivity index (χ0v) is 16.3. The van der Waals surface area contributed by atoms with Crippen LogP contribution >= 0.6 is 15.9 Å². The normalized spacial score (nSPS) is 16.1. The summed E-state index contributed by atoms with van der Waals surface area (Å²) in [6.45, 7) is 0.943. The summed E-state index contributed by atoms with van der Waals surface area (Å²) in [5.41, 5.74) is 2.31. The van der Waals surface area contributed by atoms with Crippen LogP contribution < -0.4 is 0 Å². The van der Waals surface area contributed by atoms with E-state index in [1.807, 2.05) is 60.7 Å². The van der Waals surface area contributed by atoms with Gasteiger partial charge in [0, 0.05) is 17.6 Å². The first kappa shape index (κ1) is 18.0. The number of carboxylic acids is 1. The number of nitrogens with zero attached hydrogens (tertiary/aromatic N) is 1. The van der Waals surface area contributed by atoms with E-state index in [1.54, 1.807) is 0 Å². The maximum Gasteiger partial charge on any atom is 0.316 e. The third-order valence-electron chi connectivity index (χ3n) is 5.34. The van der Waals surface area contributed by atoms with Gasteiger partial charge in [0.2, 0.25) is 0 Å². The van der Waals surface area contributed by atoms with Crippen LogP contribution in [0, 0.1) is 0 Å². The Labute approximate surface area is 167 Å². The summed E-state index contributed by atoms with van der Waals surface area (Å²) < 4.78 is 0.850. The number of aliphatic carboxylic acids is 1. The molecule has 4 heteroatoms. The Bertz CT molecular complexity index is 897. The molecule has 0 spiro atoms. The van der Waals surface area contributed by atoms with E-state index in [0.717, 1.165) is 10.0 Å². The molecule has 0 bridgehead atoms. The maximum atomic E-state index is 12.2. The summed E-state index contributed by atoms with van der Waals surface area (Å²) in [6.07, 6.45) is 0. The molecule has 1 aliphatic rings. The van der Waals surface area contributed by atoms with E-state index in [2.05, 4.69) is 45.1 Å². The van der Waals surface area contributed by atoms with E-state index in [-0.39, 0.29) is 6.04 Å². The van der Waals surface area contributed by atoms with Crippen molar-refractivity contribution in [2.24, 2.45) is 0 Å². The Morgan fingerprint density at radius 2 is 1.33 bits per heavy atom. The number of rotatable bonds is 5. The number of halogens is 1. The molecule has 0 atom stereocenters. The summed E-state index contributed by atoms with van der Waals surface area (Å²) in [5.74, 6) is -0.773. The van der Waals surface area contributed by atoms with E-state index >= 15 is 0 Å². The highest BCUT2D eigenvalue weighted by molar-refractivity contribution is 9.10. The Hall–Kier alpha value is -2.43. The van der Waals surface area contributed by atoms with Gasteiger partial charge in [-0.05, 0) is 22.8 Å². The lowest BCUT2D eigenvalue weighted by Crippen LogP contribution is -2.64. The molecule has 1 heterocycles. The van der Waals surface area contributed by atoms with Gasteiger partial charge in [0.1, 0.15) is 5.41 Å². The fraction of sp³-hybridized carbons (Fsp3) is 0.174. The molecule has 136 valence electrons. The first-order valence-electron chi connectivity index (χ1n) is 8.94. The van der Waals surface area contributed by atoms with Crippen LogP contribution in [0.5, 0.6) is 0 Å². The summed E-state index contributed by atoms with van der Waals surface area (Å²) in [4.78, 5) is 14.5. The fourth-order valence-corrected chi connectivity index (χ4v) is 4.65. The minimum absolute atomic E-state index is 0.0439. The maximum absolute atomic E-state index is 12.2. The Kier molecular flexibility index (Phi) is 4.85. The van der Waals surface area contributed by atoms with E-state index in [4.69, 9.17) is 0 Å². The van der Waals surface area contributed by atoms with Gasteiger partial charge in [0.05, 0.1) is 6.04 Å². The molecular formula is C23H20BrNO2. The van der Waals surface area contributed by atoms with Crippen molar-refractivity contribution in [2.75, 3.05) is 13.1 Å². The van der Waals surface area contributed by atoms with Crippen molar-refractivity contribution in [2.45, 2.75) is 11.5 Å². The summed E-state index contributed by atoms with van der Waals surface area (Å²) >= 11 is 3.54. The van der Waals surface area contributed by atoms with Crippen LogP contribution in [0.25, 0.3) is 0 Å². The molecule has 27 heavy (non-hydrogen) atoms. The zero-order valence-electron chi connectivity index (χ0n) is 14.8. The number of hydrogen-bond acceptors (Lipinski definition) is 2. The van der Waals surface area contributed by atoms with Gasteiger partial charge in [-0.3, -0.25) is 9.69 Å². The smallest absolute Gasteiger partial charge is 0.316 e. The topological polar surface area (TPSA) is 40.5 Å². The molecule has 3 aromatic carbocycles. The van der Waals surface area contributed by atoms with Crippen LogP contribution in [0.2, 0.25) is 0 Å². The minimum Gasteiger partial charge on any atom is -0.481 e. The fourth-order valence-electron chi connectivity index (χ4n) is 3.98. The second-order valence-electron chi connectivity index (χ2n) is 7.00. The van der Waals surface area contributed by atoms with Crippen molar-refractivity contribution in [1.29, 1.82) is 0 Å². The van der Waals surface area contributed by atoms with Crippen LogP contribution in [0.15, 0.2) is 89.4 Å². The molecule has 0 amide bonds. The number of carbonyl (C=O) groups is 1. The average Bonchev–Trinajstić information content (AvgIpc) is 2.66. The van der Waals surface area contributed by atoms with E-state index in [0.29, 0.717) is 13.1 Å². The Morgan fingerprint density at radius 3 is 1.81 bits per heavy atom. The molecule has 3 aromatic rings. The summed E-state index contributed by atoms with van der Waals surface area (Å²) in [7, 11) is 0. The number of carboxylic acid groups (broad SMARTS) is 1. The number of benzene rings is 3. The standard InChI is InChI=1S/C23H20BrNO2/c24-20-14-8-7-13-19(20)23(22(26)27)15-25(16-23)21(17-9-3-1-4-10-17)18-11-5-2-6-12-18/h1-14,21H,15-16H2,(H,26,27). The molecule has 0 aromatic heterocycles. The van der Waals surface area contributed by atoms with Crippen LogP contribution in [-0.2, 0) is 10.2 Å². The van der Waals surface area contributed by atoms with Crippen LogP contribution in [0.3, 0.4) is 0 Å². The van der Waals surface area contributed by atoms with E-state index in [1.165, 1.54) is 11.1 Å². The first-order valence-corrected chi connectivity index (χ1v) is 9.73. The van der Waals surface area contributed by atoms with Crippen molar-refractivity contribution >= 4 is 21.9 Å². The molecular weight excluding hydrogens is 402 g/mol. The average molecular weight is 422 g/mol. The second-order valence-corrected chi connectivity index (χ2v) is 7.85. The Morgan fingerprint density at radius 1 is 0.852 bits per heavy atom. The van der Waals surface area contributed by atoms with Gasteiger partial charge in [0.15, 0.2) is 0 Å². The highest BCUT2D eigenvalue weighted by atomic mass is 79.9. The van der Waals surface area contributed by atoms with E-state index in [9.17, 15) is 9.90 Å². The predicted octanol–water partition coefficient (Wildman–Crippen LogP) is 4.88. The van der Waals surface area contributed by atoms with Crippen molar-refractivity contribution in [3.8, 4) is 0 Å². The lowest BCUT2D eigenvalue weighted by Gasteiger charge is -2.51. The Balaban J connectivity index is 1.70. The SMILES string of the molecule is O=C(O)C1(c2ccccc2Br)CN(C(c2ccccc2)c2ccccc2)C1. The molecule has 1 aliphatic heterocycles. The summed E-state index contributed by atoms with van der Waals surface area (Å²) in [6, 6.07) is 28.2. The molecule has 4 rings (SSSR count). The largest absolute Gasteiger partial charge is 0.481 e. The van der Waals surface area contributed by atoms with Gasteiger partial charge in [-0.15, -0.1) is 0 Å². The number of hydrogen-bond donors (Lipinski definition) is 1. The van der Waals surface area contributed by atoms with Crippen LogP contribution in [-0.4, -0.2) is 29.1 Å². The number of likely N-dealkylation sites (tertiary alicyclic amines) is 1. The molecule has 0 unspecified atom stereocenters. The monoisotopic (exact) mass is 421 g/mol. The van der Waals surface area contributed by atoms with Gasteiger partial charge >= 0.3 is 5.97 Å². The molecule has 1 saturated heterocycles. The predicted molar refractivity (Wildman–Crippen MR) is 110 cm³/mol. The highest BCUT2D eigenvalue weighted by Gasteiger charge is 2.53. The molecule has 0 saturated carbocycles. The molecule has 3 nitrogen and oxygen atoms in total. The zero-order chi connectivity index (χ0) is 18.9. The van der Waals surface area contributed by atoms with Gasteiger partial charge in [0.25, 0.3) is 0 Å². The third kappa shape index (κ3) is 3.20. The van der Waals surface area contributed by atoms with Gasteiger partial charge in [-0.1, -0.05) is 94.8 Å². The van der Waals surface area contributed by atoms with Crippen molar-refractivity contribution in [3.63, 3.8) is 0 Å². The lowest BCUT2D eigenvalue weighted by atomic mass is 9.72. The first-order chi connectivity index (χ1) is 13.1. The van der Waals surface area contributed by atoms with Crippen molar-refractivity contribution in [3.05, 3.63) is 106 Å². The quantitative estimate of drug-likeness (QED) is 0.638. The molecule has 0 aliphatic carbocycles. The third-order valence-corrected chi connectivity index (χ3v) is 6.03. The van der Waals surface area contributed by atoms with Crippen molar-refractivity contribution < 1.29 is 9.90 Å². The lowest BCUT2D eigenvalue weighted by molar-refractivity contribution is -0.152. The molecule has 1 N–H and O–H groups in total. The molecule has 1 fully saturated rings. The van der Waals surface area contributed by atoms with Gasteiger partial charge in [-0.25, -0.2) is 0 Å². The van der Waals surface area contributed by atoms with Crippen molar-refractivity contribution in [1.82, 2.24) is 4.90 Å². The minimum atomic E-state index is -0.887. The second kappa shape index (κ2) is 7.29. The van der Waals surface area contributed by atoms with Gasteiger partial charge in [-0.2, -0.15) is 0 Å². The molecule has 0 radical (unpaired) electrons. The summed E-state index contributed by atoms with van der Waals surface area (Å²) in [5, 5.41) is 10.1. The van der Waals surface area contributed by atoms with E-state index < -0.39 is 11.4 Å². The van der Waals surface area contributed by atoms with Crippen LogP contribution in [0.4, 0.5) is 0 Å².